The molecule has 0 spiro atoms. The molecule has 0 rings (SSSR count). The topological polar surface area (TPSA) is 87.8 Å². The molecule has 1 amide bonds. The lowest BCUT2D eigenvalue weighted by molar-refractivity contribution is -0.473. The summed E-state index contributed by atoms with van der Waals surface area (Å²) in [5, 5.41) is 3.61. The van der Waals surface area contributed by atoms with Gasteiger partial charge >= 0.3 is 11.9 Å². The molecule has 0 fully saturated rings. The normalized spacial score (nSPS) is 8.56. The molecule has 0 unspecified atom stereocenters. The molecule has 6 nitrogen and oxygen atoms in total. The van der Waals surface area contributed by atoms with E-state index in [1.807, 2.05) is 0 Å². The van der Waals surface area contributed by atoms with Crippen LogP contribution in [0.3, 0.4) is 0 Å². The quantitative estimate of drug-likeness (QED) is 0.283. The highest BCUT2D eigenvalue weighted by Crippen LogP contribution is 1.77. The van der Waals surface area contributed by atoms with Crippen molar-refractivity contribution in [2.24, 2.45) is 5.73 Å². The van der Waals surface area contributed by atoms with Gasteiger partial charge in [-0.1, -0.05) is 0 Å². The second-order valence-electron chi connectivity index (χ2n) is 0.970. The summed E-state index contributed by atoms with van der Waals surface area (Å²) in [6, 6.07) is 0. The minimum Gasteiger partial charge on any atom is -0.360 e. The van der Waals surface area contributed by atoms with Gasteiger partial charge in [-0.25, -0.2) is 4.79 Å². The van der Waals surface area contributed by atoms with Crippen LogP contribution in [0.4, 0.5) is 0 Å². The molecular formula is C3H5NO5. The van der Waals surface area contributed by atoms with Crippen LogP contribution in [0.1, 0.15) is 0 Å². The van der Waals surface area contributed by atoms with Crippen molar-refractivity contribution in [3.05, 3.63) is 0 Å². The Morgan fingerprint density at radius 1 is 1.44 bits per heavy atom. The standard InChI is InChI=1S/C3H5NO5/c1-7-9-8-3(6)2(4)5/h1H3,(H2,4,5). The molecule has 0 aliphatic rings. The molecule has 0 aromatic carbocycles. The first kappa shape index (κ1) is 7.86. The lowest BCUT2D eigenvalue weighted by Crippen LogP contribution is -2.25. The fraction of sp³-hybridized carbons (Fsp3) is 0.333. The van der Waals surface area contributed by atoms with Crippen LogP contribution in [0, 0.1) is 0 Å². The third kappa shape index (κ3) is 3.44. The molecule has 0 saturated heterocycles. The number of primary amides is 1. The Kier molecular flexibility index (Phi) is 3.33. The van der Waals surface area contributed by atoms with Crippen LogP contribution in [-0.2, 0) is 24.4 Å². The number of amides is 1. The van der Waals surface area contributed by atoms with Gasteiger partial charge in [-0.3, -0.25) is 9.68 Å². The Balaban J connectivity index is 3.39. The van der Waals surface area contributed by atoms with Gasteiger partial charge in [0.15, 0.2) is 0 Å². The molecule has 0 aromatic heterocycles. The molecule has 0 heterocycles. The van der Waals surface area contributed by atoms with E-state index in [1.54, 1.807) is 0 Å². The fourth-order valence-electron chi connectivity index (χ4n) is 0.106. The van der Waals surface area contributed by atoms with Gasteiger partial charge in [-0.2, -0.15) is 4.89 Å². The van der Waals surface area contributed by atoms with Gasteiger partial charge in [-0.15, -0.1) is 0 Å². The Bertz CT molecular complexity index is 121. The Hall–Kier alpha value is -1.14. The van der Waals surface area contributed by atoms with Crippen molar-refractivity contribution in [1.29, 1.82) is 0 Å². The maximum atomic E-state index is 10.00. The zero-order valence-electron chi connectivity index (χ0n) is 4.62. The van der Waals surface area contributed by atoms with Crippen LogP contribution in [0.2, 0.25) is 0 Å². The minimum absolute atomic E-state index is 1.11. The van der Waals surface area contributed by atoms with Crippen LogP contribution in [0.15, 0.2) is 0 Å². The number of carbonyl (C=O) groups is 2. The average molecular weight is 135 g/mol. The molecule has 0 aliphatic carbocycles. The number of nitrogens with two attached hydrogens (primary N) is 1. The van der Waals surface area contributed by atoms with Crippen LogP contribution < -0.4 is 5.73 Å². The van der Waals surface area contributed by atoms with Gasteiger partial charge in [0, 0.05) is 0 Å². The fourth-order valence-corrected chi connectivity index (χ4v) is 0.106. The van der Waals surface area contributed by atoms with Gasteiger partial charge < -0.3 is 5.73 Å². The summed E-state index contributed by atoms with van der Waals surface area (Å²) in [5.74, 6) is -2.55. The predicted octanol–water partition coefficient (Wildman–Crippen LogP) is -1.49. The number of rotatable bonds is 2. The minimum atomic E-state index is -1.31. The summed E-state index contributed by atoms with van der Waals surface area (Å²) in [7, 11) is 1.11. The van der Waals surface area contributed by atoms with E-state index in [4.69, 9.17) is 0 Å². The van der Waals surface area contributed by atoms with Crippen molar-refractivity contribution < 1.29 is 24.4 Å². The van der Waals surface area contributed by atoms with E-state index in [2.05, 4.69) is 20.5 Å². The second kappa shape index (κ2) is 3.81. The molecule has 0 atom stereocenters. The summed E-state index contributed by atoms with van der Waals surface area (Å²) in [6.07, 6.45) is 0. The van der Waals surface area contributed by atoms with Crippen LogP contribution in [-0.4, -0.2) is 19.0 Å². The monoisotopic (exact) mass is 135 g/mol. The molecule has 0 saturated carbocycles. The Labute approximate surface area is 50.3 Å². The third-order valence-corrected chi connectivity index (χ3v) is 0.379. The number of carbonyl (C=O) groups excluding carboxylic acids is 2. The molecule has 0 bridgehead atoms. The number of hydrogen-bond donors (Lipinski definition) is 1. The average Bonchev–Trinajstić information content (AvgIpc) is 1.82. The molecule has 0 radical (unpaired) electrons. The van der Waals surface area contributed by atoms with E-state index in [1.165, 1.54) is 0 Å². The second-order valence-corrected chi connectivity index (χ2v) is 0.970. The zero-order valence-corrected chi connectivity index (χ0v) is 4.62. The van der Waals surface area contributed by atoms with Crippen molar-refractivity contribution in [3.8, 4) is 0 Å². The Morgan fingerprint density at radius 3 is 2.33 bits per heavy atom. The largest absolute Gasteiger partial charge is 0.432 e. The van der Waals surface area contributed by atoms with Gasteiger partial charge in [0.05, 0.1) is 7.11 Å². The summed E-state index contributed by atoms with van der Waals surface area (Å²) >= 11 is 0. The van der Waals surface area contributed by atoms with Crippen molar-refractivity contribution in [2.45, 2.75) is 0 Å². The lowest BCUT2D eigenvalue weighted by Gasteiger charge is -1.93. The molecule has 0 aliphatic heterocycles. The molecule has 52 valence electrons. The molecular weight excluding hydrogens is 130 g/mol. The van der Waals surface area contributed by atoms with E-state index in [-0.39, 0.29) is 0 Å². The number of hydrogen-bond acceptors (Lipinski definition) is 5. The maximum absolute atomic E-state index is 10.00. The highest BCUT2D eigenvalue weighted by atomic mass is 17.5. The van der Waals surface area contributed by atoms with Gasteiger partial charge in [-0.05, 0) is 5.04 Å². The zero-order chi connectivity index (χ0) is 7.28. The SMILES string of the molecule is COOOC(=O)C(N)=O. The van der Waals surface area contributed by atoms with Crippen LogP contribution in [0.25, 0.3) is 0 Å². The van der Waals surface area contributed by atoms with E-state index in [9.17, 15) is 9.59 Å². The Morgan fingerprint density at radius 2 is 2.00 bits per heavy atom. The lowest BCUT2D eigenvalue weighted by atomic mass is 10.7. The third-order valence-electron chi connectivity index (χ3n) is 0.379. The van der Waals surface area contributed by atoms with E-state index in [0.29, 0.717) is 0 Å². The molecule has 9 heavy (non-hydrogen) atoms. The smallest absolute Gasteiger partial charge is 0.360 e. The highest BCUT2D eigenvalue weighted by Gasteiger charge is 2.10. The van der Waals surface area contributed by atoms with E-state index >= 15 is 0 Å². The van der Waals surface area contributed by atoms with Gasteiger partial charge in [0.25, 0.3) is 0 Å². The molecule has 6 heteroatoms. The van der Waals surface area contributed by atoms with E-state index < -0.39 is 11.9 Å². The summed E-state index contributed by atoms with van der Waals surface area (Å²) in [4.78, 5) is 27.2. The van der Waals surface area contributed by atoms with Crippen molar-refractivity contribution in [2.75, 3.05) is 7.11 Å². The summed E-state index contributed by atoms with van der Waals surface area (Å²) in [6.45, 7) is 0. The van der Waals surface area contributed by atoms with Crippen molar-refractivity contribution >= 4 is 11.9 Å². The first-order chi connectivity index (χ1) is 4.18. The van der Waals surface area contributed by atoms with Crippen molar-refractivity contribution in [3.63, 3.8) is 0 Å². The molecule has 2 N–H and O–H groups in total. The first-order valence-electron chi connectivity index (χ1n) is 1.89. The predicted molar refractivity (Wildman–Crippen MR) is 23.4 cm³/mol. The van der Waals surface area contributed by atoms with Crippen LogP contribution in [0.5, 0.6) is 0 Å². The van der Waals surface area contributed by atoms with Gasteiger partial charge in [0.1, 0.15) is 0 Å². The van der Waals surface area contributed by atoms with Crippen LogP contribution >= 0.6 is 0 Å². The first-order valence-corrected chi connectivity index (χ1v) is 1.89. The summed E-state index contributed by atoms with van der Waals surface area (Å²) in [5.41, 5.74) is 4.43. The maximum Gasteiger partial charge on any atom is 0.432 e. The van der Waals surface area contributed by atoms with Gasteiger partial charge in [0.2, 0.25) is 0 Å². The van der Waals surface area contributed by atoms with Crippen molar-refractivity contribution in [1.82, 2.24) is 0 Å². The van der Waals surface area contributed by atoms with E-state index in [0.717, 1.165) is 7.11 Å². The molecule has 0 aromatic rings. The summed E-state index contributed by atoms with van der Waals surface area (Å²) < 4.78 is 0. The highest BCUT2D eigenvalue weighted by molar-refractivity contribution is 6.31.